The normalized spacial score (nSPS) is 8.86. The van der Waals surface area contributed by atoms with Gasteiger partial charge in [-0.1, -0.05) is 0 Å². The summed E-state index contributed by atoms with van der Waals surface area (Å²) in [5.41, 5.74) is 0. The molecule has 1 aromatic carbocycles. The standard InChI is InChI=1S/C6H2F4O2.2Na/c7-1-2(8)6(12)4(10)3(9)5(1)11;;/h11-12H;;/q;2*+1/p-2. The van der Waals surface area contributed by atoms with Gasteiger partial charge in [-0.25, -0.2) is 17.6 Å². The molecule has 0 aliphatic rings. The van der Waals surface area contributed by atoms with Crippen molar-refractivity contribution in [3.8, 4) is 11.5 Å². The summed E-state index contributed by atoms with van der Waals surface area (Å²) >= 11 is 0. The second-order valence-corrected chi connectivity index (χ2v) is 1.91. The molecule has 0 radical (unpaired) electrons. The predicted octanol–water partition coefficient (Wildman–Crippen LogP) is -5.60. The molecule has 0 atom stereocenters. The molecule has 14 heavy (non-hydrogen) atoms. The topological polar surface area (TPSA) is 46.1 Å². The van der Waals surface area contributed by atoms with Crippen LogP contribution in [0, 0.1) is 23.3 Å². The van der Waals surface area contributed by atoms with Gasteiger partial charge in [-0.15, -0.1) is 0 Å². The molecule has 0 bridgehead atoms. The minimum absolute atomic E-state index is 0. The smallest absolute Gasteiger partial charge is 0.868 e. The summed E-state index contributed by atoms with van der Waals surface area (Å²) in [7, 11) is 0. The Morgan fingerprint density at radius 2 is 0.714 bits per heavy atom. The van der Waals surface area contributed by atoms with Crippen LogP contribution in [0.4, 0.5) is 17.6 Å². The molecule has 1 rings (SSSR count). The molecule has 66 valence electrons. The number of benzene rings is 1. The van der Waals surface area contributed by atoms with E-state index in [2.05, 4.69) is 0 Å². The van der Waals surface area contributed by atoms with E-state index in [0.29, 0.717) is 0 Å². The average Bonchev–Trinajstić information content (AvgIpc) is 2.08. The molecule has 0 spiro atoms. The number of halogens is 4. The third-order valence-electron chi connectivity index (χ3n) is 1.18. The summed E-state index contributed by atoms with van der Waals surface area (Å²) in [5.74, 6) is -12.9. The molecule has 0 saturated carbocycles. The average molecular weight is 226 g/mol. The van der Waals surface area contributed by atoms with E-state index < -0.39 is 34.8 Å². The van der Waals surface area contributed by atoms with E-state index in [9.17, 15) is 27.8 Å². The van der Waals surface area contributed by atoms with Crippen LogP contribution in [0.5, 0.6) is 11.5 Å². The van der Waals surface area contributed by atoms with E-state index in [0.717, 1.165) is 0 Å². The molecular weight excluding hydrogens is 226 g/mol. The van der Waals surface area contributed by atoms with Crippen molar-refractivity contribution < 1.29 is 86.9 Å². The van der Waals surface area contributed by atoms with Gasteiger partial charge in [-0.3, -0.25) is 0 Å². The van der Waals surface area contributed by atoms with Crippen LogP contribution in [-0.4, -0.2) is 0 Å². The zero-order valence-corrected chi connectivity index (χ0v) is 11.3. The van der Waals surface area contributed by atoms with E-state index in [-0.39, 0.29) is 59.1 Å². The molecule has 0 aliphatic heterocycles. The first-order chi connectivity index (χ1) is 5.46. The van der Waals surface area contributed by atoms with Gasteiger partial charge in [0, 0.05) is 0 Å². The minimum Gasteiger partial charge on any atom is -0.868 e. The van der Waals surface area contributed by atoms with E-state index in [1.807, 2.05) is 0 Å². The fraction of sp³-hybridized carbons (Fsp3) is 0. The van der Waals surface area contributed by atoms with Crippen molar-refractivity contribution in [3.05, 3.63) is 23.3 Å². The number of rotatable bonds is 0. The van der Waals surface area contributed by atoms with Crippen LogP contribution in [0.25, 0.3) is 0 Å². The summed E-state index contributed by atoms with van der Waals surface area (Å²) in [6.07, 6.45) is 0. The fourth-order valence-electron chi connectivity index (χ4n) is 0.591. The zero-order valence-electron chi connectivity index (χ0n) is 7.33. The van der Waals surface area contributed by atoms with Crippen molar-refractivity contribution in [3.63, 3.8) is 0 Å². The Kier molecular flexibility index (Phi) is 7.50. The van der Waals surface area contributed by atoms with Crippen molar-refractivity contribution in [2.45, 2.75) is 0 Å². The van der Waals surface area contributed by atoms with E-state index in [4.69, 9.17) is 0 Å². The monoisotopic (exact) mass is 226 g/mol. The second-order valence-electron chi connectivity index (χ2n) is 1.91. The Labute approximate surface area is 121 Å². The molecule has 0 aromatic heterocycles. The van der Waals surface area contributed by atoms with Gasteiger partial charge < -0.3 is 10.2 Å². The van der Waals surface area contributed by atoms with Crippen molar-refractivity contribution in [1.82, 2.24) is 0 Å². The van der Waals surface area contributed by atoms with Gasteiger partial charge in [0.2, 0.25) is 0 Å². The van der Waals surface area contributed by atoms with Gasteiger partial charge in [-0.05, 0) is 11.5 Å². The Morgan fingerprint density at radius 3 is 0.857 bits per heavy atom. The van der Waals surface area contributed by atoms with Crippen molar-refractivity contribution in [2.24, 2.45) is 0 Å². The van der Waals surface area contributed by atoms with Gasteiger partial charge in [0.15, 0.2) is 23.3 Å². The maximum absolute atomic E-state index is 12.1. The molecule has 1 aromatic rings. The molecule has 0 saturated heterocycles. The fourth-order valence-corrected chi connectivity index (χ4v) is 0.591. The molecule has 0 unspecified atom stereocenters. The first-order valence-electron chi connectivity index (χ1n) is 2.66. The Bertz CT molecular complexity index is 240. The van der Waals surface area contributed by atoms with Crippen molar-refractivity contribution in [2.75, 3.05) is 0 Å². The number of hydrogen-bond donors (Lipinski definition) is 0. The molecule has 0 fully saturated rings. The van der Waals surface area contributed by atoms with Crippen LogP contribution in [0.1, 0.15) is 0 Å². The van der Waals surface area contributed by atoms with E-state index in [1.54, 1.807) is 0 Å². The largest absolute Gasteiger partial charge is 1.00 e. The first-order valence-corrected chi connectivity index (χ1v) is 2.66. The van der Waals surface area contributed by atoms with Gasteiger partial charge in [0.1, 0.15) is 0 Å². The molecule has 0 amide bonds. The van der Waals surface area contributed by atoms with Gasteiger partial charge in [-0.2, -0.15) is 0 Å². The minimum atomic E-state index is -2.20. The SMILES string of the molecule is [Na+].[Na+].[O-]c1c(F)c(F)c([O-])c(F)c1F. The predicted molar refractivity (Wildman–Crippen MR) is 25.2 cm³/mol. The van der Waals surface area contributed by atoms with Crippen LogP contribution < -0.4 is 69.3 Å². The van der Waals surface area contributed by atoms with Gasteiger partial charge >= 0.3 is 59.1 Å². The third-order valence-corrected chi connectivity index (χ3v) is 1.18. The Balaban J connectivity index is 0. The maximum Gasteiger partial charge on any atom is 1.00 e. The van der Waals surface area contributed by atoms with E-state index >= 15 is 0 Å². The maximum atomic E-state index is 12.1. The van der Waals surface area contributed by atoms with Crippen molar-refractivity contribution in [1.29, 1.82) is 0 Å². The van der Waals surface area contributed by atoms with Crippen LogP contribution in [0.2, 0.25) is 0 Å². The quantitative estimate of drug-likeness (QED) is 0.251. The zero-order chi connectivity index (χ0) is 9.46. The molecule has 0 N–H and O–H groups in total. The van der Waals surface area contributed by atoms with Crippen LogP contribution in [0.15, 0.2) is 0 Å². The van der Waals surface area contributed by atoms with E-state index in [1.165, 1.54) is 0 Å². The summed E-state index contributed by atoms with van der Waals surface area (Å²) in [6, 6.07) is 0. The van der Waals surface area contributed by atoms with Crippen LogP contribution in [-0.2, 0) is 0 Å². The molecule has 0 heterocycles. The molecule has 0 aliphatic carbocycles. The second kappa shape index (κ2) is 6.19. The Morgan fingerprint density at radius 1 is 0.571 bits per heavy atom. The summed E-state index contributed by atoms with van der Waals surface area (Å²) in [4.78, 5) is 0. The molecular formula is C6F4Na2O2. The third kappa shape index (κ3) is 2.77. The molecule has 8 heteroatoms. The number of hydrogen-bond acceptors (Lipinski definition) is 2. The van der Waals surface area contributed by atoms with Crippen molar-refractivity contribution >= 4 is 0 Å². The summed E-state index contributed by atoms with van der Waals surface area (Å²) in [6.45, 7) is 0. The molecule has 2 nitrogen and oxygen atoms in total. The Hall–Kier alpha value is 0.540. The summed E-state index contributed by atoms with van der Waals surface area (Å²) in [5, 5.41) is 20.4. The van der Waals surface area contributed by atoms with Crippen LogP contribution in [0.3, 0.4) is 0 Å². The van der Waals surface area contributed by atoms with Gasteiger partial charge in [0.25, 0.3) is 0 Å². The first kappa shape index (κ1) is 17.0. The van der Waals surface area contributed by atoms with Crippen LogP contribution >= 0.6 is 0 Å². The van der Waals surface area contributed by atoms with Gasteiger partial charge in [0.05, 0.1) is 0 Å². The summed E-state index contributed by atoms with van der Waals surface area (Å²) < 4.78 is 48.6.